The highest BCUT2D eigenvalue weighted by molar-refractivity contribution is 7.10. The number of hydrazine groups is 1. The van der Waals surface area contributed by atoms with Gasteiger partial charge >= 0.3 is 0 Å². The van der Waals surface area contributed by atoms with Crippen LogP contribution in [0.4, 0.5) is 0 Å². The lowest BCUT2D eigenvalue weighted by Crippen LogP contribution is -2.28. The predicted octanol–water partition coefficient (Wildman–Crippen LogP) is 3.00. The van der Waals surface area contributed by atoms with Crippen molar-refractivity contribution in [2.45, 2.75) is 39.7 Å². The summed E-state index contributed by atoms with van der Waals surface area (Å²) in [5.74, 6) is 6.32. The van der Waals surface area contributed by atoms with E-state index in [1.54, 1.807) is 11.3 Å². The molecule has 14 heavy (non-hydrogen) atoms. The Morgan fingerprint density at radius 3 is 2.57 bits per heavy atom. The first-order valence-electron chi connectivity index (χ1n) is 5.15. The third kappa shape index (κ3) is 3.08. The Morgan fingerprint density at radius 2 is 2.14 bits per heavy atom. The van der Waals surface area contributed by atoms with Crippen molar-refractivity contribution in [2.24, 2.45) is 11.8 Å². The quantitative estimate of drug-likeness (QED) is 0.581. The molecule has 1 heterocycles. The number of rotatable bonds is 5. The third-order valence-electron chi connectivity index (χ3n) is 2.45. The van der Waals surface area contributed by atoms with E-state index < -0.39 is 0 Å². The average Bonchev–Trinajstić information content (AvgIpc) is 2.53. The molecule has 80 valence electrons. The first-order chi connectivity index (χ1) is 6.65. The first kappa shape index (κ1) is 11.7. The van der Waals surface area contributed by atoms with Crippen molar-refractivity contribution in [1.29, 1.82) is 0 Å². The maximum Gasteiger partial charge on any atom is 0.0556 e. The van der Waals surface area contributed by atoms with Gasteiger partial charge in [-0.05, 0) is 42.7 Å². The van der Waals surface area contributed by atoms with Crippen LogP contribution in [-0.2, 0) is 0 Å². The second-order valence-electron chi connectivity index (χ2n) is 4.16. The van der Waals surface area contributed by atoms with E-state index >= 15 is 0 Å². The Bertz CT molecular complexity index is 268. The van der Waals surface area contributed by atoms with Gasteiger partial charge in [-0.3, -0.25) is 11.3 Å². The third-order valence-corrected chi connectivity index (χ3v) is 3.58. The van der Waals surface area contributed by atoms with Crippen molar-refractivity contribution in [3.05, 3.63) is 21.9 Å². The van der Waals surface area contributed by atoms with Gasteiger partial charge in [0, 0.05) is 4.88 Å². The van der Waals surface area contributed by atoms with Gasteiger partial charge in [-0.15, -0.1) is 11.3 Å². The largest absolute Gasteiger partial charge is 0.271 e. The minimum Gasteiger partial charge on any atom is -0.271 e. The summed E-state index contributed by atoms with van der Waals surface area (Å²) in [5.41, 5.74) is 4.26. The van der Waals surface area contributed by atoms with Gasteiger partial charge in [0.1, 0.15) is 0 Å². The predicted molar refractivity (Wildman–Crippen MR) is 63.2 cm³/mol. The molecule has 0 fully saturated rings. The second-order valence-corrected chi connectivity index (χ2v) is 5.11. The van der Waals surface area contributed by atoms with E-state index in [1.807, 2.05) is 0 Å². The highest BCUT2D eigenvalue weighted by Crippen LogP contribution is 2.27. The Hall–Kier alpha value is -0.380. The summed E-state index contributed by atoms with van der Waals surface area (Å²) in [7, 11) is 0. The summed E-state index contributed by atoms with van der Waals surface area (Å²) in [4.78, 5) is 1.38. The Kier molecular flexibility index (Phi) is 4.58. The molecular formula is C11H20N2S. The fourth-order valence-corrected chi connectivity index (χ4v) is 2.55. The van der Waals surface area contributed by atoms with E-state index in [1.165, 1.54) is 16.9 Å². The minimum atomic E-state index is 0.331. The van der Waals surface area contributed by atoms with Crippen LogP contribution in [0.2, 0.25) is 0 Å². The van der Waals surface area contributed by atoms with Crippen LogP contribution in [0.15, 0.2) is 11.4 Å². The summed E-state index contributed by atoms with van der Waals surface area (Å²) in [6, 6.07) is 2.48. The van der Waals surface area contributed by atoms with Gasteiger partial charge < -0.3 is 0 Å². The highest BCUT2D eigenvalue weighted by atomic mass is 32.1. The lowest BCUT2D eigenvalue weighted by molar-refractivity contribution is 0.452. The number of hydrogen-bond acceptors (Lipinski definition) is 3. The first-order valence-corrected chi connectivity index (χ1v) is 6.03. The molecule has 0 spiro atoms. The van der Waals surface area contributed by atoms with Crippen LogP contribution < -0.4 is 11.3 Å². The number of nitrogens with one attached hydrogen (secondary N) is 1. The zero-order valence-corrected chi connectivity index (χ0v) is 10.0. The molecule has 0 bridgehead atoms. The van der Waals surface area contributed by atoms with Gasteiger partial charge in [-0.1, -0.05) is 13.8 Å². The van der Waals surface area contributed by atoms with Crippen LogP contribution in [0, 0.1) is 12.8 Å². The molecule has 1 unspecified atom stereocenters. The molecule has 0 saturated heterocycles. The lowest BCUT2D eigenvalue weighted by atomic mass is 10.0. The van der Waals surface area contributed by atoms with E-state index in [0.29, 0.717) is 6.04 Å². The Morgan fingerprint density at radius 1 is 1.43 bits per heavy atom. The van der Waals surface area contributed by atoms with E-state index in [9.17, 15) is 0 Å². The molecule has 3 heteroatoms. The van der Waals surface area contributed by atoms with Crippen LogP contribution in [-0.4, -0.2) is 0 Å². The molecule has 0 aliphatic heterocycles. The molecule has 0 saturated carbocycles. The molecule has 1 aromatic rings. The van der Waals surface area contributed by atoms with Gasteiger partial charge in [0.25, 0.3) is 0 Å². The van der Waals surface area contributed by atoms with Crippen LogP contribution in [0.5, 0.6) is 0 Å². The molecule has 0 aromatic carbocycles. The molecule has 0 radical (unpaired) electrons. The molecular weight excluding hydrogens is 192 g/mol. The van der Waals surface area contributed by atoms with Crippen molar-refractivity contribution in [3.8, 4) is 0 Å². The van der Waals surface area contributed by atoms with Gasteiger partial charge in [-0.2, -0.15) is 0 Å². The number of thiophene rings is 1. The minimum absolute atomic E-state index is 0.331. The van der Waals surface area contributed by atoms with Crippen molar-refractivity contribution in [1.82, 2.24) is 5.43 Å². The van der Waals surface area contributed by atoms with E-state index in [4.69, 9.17) is 5.84 Å². The summed E-state index contributed by atoms with van der Waals surface area (Å²) in [5, 5.41) is 2.13. The summed E-state index contributed by atoms with van der Waals surface area (Å²) in [6.45, 7) is 6.63. The molecule has 2 nitrogen and oxygen atoms in total. The van der Waals surface area contributed by atoms with Crippen LogP contribution in [0.25, 0.3) is 0 Å². The van der Waals surface area contributed by atoms with E-state index in [-0.39, 0.29) is 0 Å². The van der Waals surface area contributed by atoms with Crippen molar-refractivity contribution in [2.75, 3.05) is 0 Å². The smallest absolute Gasteiger partial charge is 0.0556 e. The molecule has 0 aliphatic rings. The topological polar surface area (TPSA) is 38.0 Å². The SMILES string of the molecule is Cc1ccsc1C(CCC(C)C)NN. The standard InChI is InChI=1S/C11H20N2S/c1-8(2)4-5-10(13-12)11-9(3)6-7-14-11/h6-8,10,13H,4-5,12H2,1-3H3. The molecule has 1 aromatic heterocycles. The van der Waals surface area contributed by atoms with Crippen molar-refractivity contribution in [3.63, 3.8) is 0 Å². The fraction of sp³-hybridized carbons (Fsp3) is 0.636. The molecule has 0 amide bonds. The molecule has 1 atom stereocenters. The molecule has 1 rings (SSSR count). The summed E-state index contributed by atoms with van der Waals surface area (Å²) < 4.78 is 0. The summed E-state index contributed by atoms with van der Waals surface area (Å²) >= 11 is 1.79. The van der Waals surface area contributed by atoms with E-state index in [2.05, 4.69) is 37.6 Å². The Balaban J connectivity index is 2.58. The maximum atomic E-state index is 5.58. The average molecular weight is 212 g/mol. The molecule has 3 N–H and O–H groups in total. The van der Waals surface area contributed by atoms with Crippen LogP contribution in [0.3, 0.4) is 0 Å². The zero-order valence-electron chi connectivity index (χ0n) is 9.21. The normalized spacial score (nSPS) is 13.5. The lowest BCUT2D eigenvalue weighted by Gasteiger charge is -2.16. The van der Waals surface area contributed by atoms with Crippen molar-refractivity contribution >= 4 is 11.3 Å². The zero-order chi connectivity index (χ0) is 10.6. The fourth-order valence-electron chi connectivity index (χ4n) is 1.53. The summed E-state index contributed by atoms with van der Waals surface area (Å²) in [6.07, 6.45) is 2.34. The second kappa shape index (κ2) is 5.49. The van der Waals surface area contributed by atoms with E-state index in [0.717, 1.165) is 12.3 Å². The number of aryl methyl sites for hydroxylation is 1. The molecule has 0 aliphatic carbocycles. The van der Waals surface area contributed by atoms with Crippen LogP contribution in [0.1, 0.15) is 43.2 Å². The highest BCUT2D eigenvalue weighted by Gasteiger charge is 2.13. The van der Waals surface area contributed by atoms with Crippen molar-refractivity contribution < 1.29 is 0 Å². The number of nitrogens with two attached hydrogens (primary N) is 1. The van der Waals surface area contributed by atoms with Crippen LogP contribution >= 0.6 is 11.3 Å². The van der Waals surface area contributed by atoms with Gasteiger partial charge in [0.05, 0.1) is 6.04 Å². The van der Waals surface area contributed by atoms with Gasteiger partial charge in [0.2, 0.25) is 0 Å². The number of hydrogen-bond donors (Lipinski definition) is 2. The van der Waals surface area contributed by atoms with Gasteiger partial charge in [0.15, 0.2) is 0 Å². The van der Waals surface area contributed by atoms with Gasteiger partial charge in [-0.25, -0.2) is 0 Å². The monoisotopic (exact) mass is 212 g/mol. The maximum absolute atomic E-state index is 5.58. The Labute approximate surface area is 90.5 Å².